The number of benzene rings is 2. The molecule has 0 saturated heterocycles. The van der Waals surface area contributed by atoms with E-state index in [2.05, 4.69) is 10.2 Å². The predicted molar refractivity (Wildman–Crippen MR) is 97.6 cm³/mol. The second-order valence-electron chi connectivity index (χ2n) is 5.02. The average molecular weight is 359 g/mol. The van der Waals surface area contributed by atoms with Gasteiger partial charge in [-0.05, 0) is 53.7 Å². The molecule has 0 amide bonds. The summed E-state index contributed by atoms with van der Waals surface area (Å²) >= 11 is 11.6. The largest absolute Gasteiger partial charge is 0.497 e. The Bertz CT molecular complexity index is 915. The summed E-state index contributed by atoms with van der Waals surface area (Å²) < 4.78 is 8.86. The van der Waals surface area contributed by atoms with Crippen LogP contribution in [-0.2, 0) is 6.54 Å². The minimum absolute atomic E-state index is 0.500. The molecular weight excluding hydrogens is 344 g/mol. The highest BCUT2D eigenvalue weighted by molar-refractivity contribution is 7.71. The van der Waals surface area contributed by atoms with Crippen LogP contribution < -0.4 is 4.74 Å². The van der Waals surface area contributed by atoms with Gasteiger partial charge in [0.25, 0.3) is 0 Å². The van der Waals surface area contributed by atoms with Crippen LogP contribution in [0.1, 0.15) is 11.1 Å². The molecule has 1 heterocycles. The maximum absolute atomic E-state index is 6.18. The maximum Gasteiger partial charge on any atom is 0.219 e. The van der Waals surface area contributed by atoms with Gasteiger partial charge in [-0.3, -0.25) is 0 Å². The van der Waals surface area contributed by atoms with Gasteiger partial charge in [-0.25, -0.2) is 4.68 Å². The van der Waals surface area contributed by atoms with Crippen molar-refractivity contribution in [3.05, 3.63) is 75.8 Å². The van der Waals surface area contributed by atoms with Gasteiger partial charge in [-0.15, -0.1) is 0 Å². The summed E-state index contributed by atoms with van der Waals surface area (Å²) in [5.74, 6) is 0.802. The number of rotatable bonds is 5. The highest BCUT2D eigenvalue weighted by Gasteiger charge is 2.04. The van der Waals surface area contributed by atoms with Crippen LogP contribution in [0.2, 0.25) is 5.02 Å². The highest BCUT2D eigenvalue weighted by Crippen LogP contribution is 2.16. The Morgan fingerprint density at radius 1 is 1.21 bits per heavy atom. The Kier molecular flexibility index (Phi) is 5.08. The highest BCUT2D eigenvalue weighted by atomic mass is 35.5. The van der Waals surface area contributed by atoms with Crippen molar-refractivity contribution in [3.8, 4) is 5.75 Å². The van der Waals surface area contributed by atoms with Crippen LogP contribution in [0.3, 0.4) is 0 Å². The van der Waals surface area contributed by atoms with Gasteiger partial charge < -0.3 is 4.74 Å². The normalized spacial score (nSPS) is 11.1. The summed E-state index contributed by atoms with van der Waals surface area (Å²) in [4.78, 5) is 0. The van der Waals surface area contributed by atoms with Crippen molar-refractivity contribution in [1.29, 1.82) is 0 Å². The molecule has 0 aliphatic heterocycles. The van der Waals surface area contributed by atoms with E-state index in [0.29, 0.717) is 16.3 Å². The number of hydrogen-bond donors (Lipinski definition) is 0. The molecule has 0 bridgehead atoms. The minimum atomic E-state index is 0.500. The quantitative estimate of drug-likeness (QED) is 0.511. The minimum Gasteiger partial charge on any atom is -0.497 e. The van der Waals surface area contributed by atoms with Crippen molar-refractivity contribution in [1.82, 2.24) is 14.5 Å². The standard InChI is InChI=1S/C17H15ClN4OS/c1-23-15-8-6-13(7-9-15)10-19-22-12-20-21(17(22)24)11-14-4-2-3-5-16(14)18/h2-10,12H,11H2,1H3. The fraction of sp³-hybridized carbons (Fsp3) is 0.118. The SMILES string of the molecule is COc1ccc(C=Nn2cnn(Cc3ccccc3Cl)c2=S)cc1. The second-order valence-corrected chi connectivity index (χ2v) is 5.80. The van der Waals surface area contributed by atoms with Crippen LogP contribution >= 0.6 is 23.8 Å². The molecule has 0 unspecified atom stereocenters. The molecule has 0 saturated carbocycles. The number of ether oxygens (including phenoxy) is 1. The zero-order valence-corrected chi connectivity index (χ0v) is 14.5. The van der Waals surface area contributed by atoms with E-state index in [1.54, 1.807) is 29.0 Å². The molecule has 24 heavy (non-hydrogen) atoms. The molecule has 0 radical (unpaired) electrons. The summed E-state index contributed by atoms with van der Waals surface area (Å²) in [6.45, 7) is 0.504. The van der Waals surface area contributed by atoms with Crippen LogP contribution in [-0.4, -0.2) is 27.8 Å². The van der Waals surface area contributed by atoms with Crippen LogP contribution in [0.5, 0.6) is 5.75 Å². The van der Waals surface area contributed by atoms with Crippen molar-refractivity contribution >= 4 is 30.0 Å². The summed E-state index contributed by atoms with van der Waals surface area (Å²) in [5, 5.41) is 9.31. The summed E-state index contributed by atoms with van der Waals surface area (Å²) in [6.07, 6.45) is 3.30. The summed E-state index contributed by atoms with van der Waals surface area (Å²) in [5.41, 5.74) is 1.90. The van der Waals surface area contributed by atoms with Crippen molar-refractivity contribution < 1.29 is 4.74 Å². The molecule has 122 valence electrons. The number of methoxy groups -OCH3 is 1. The molecule has 2 aromatic carbocycles. The van der Waals surface area contributed by atoms with Gasteiger partial charge in [0.15, 0.2) is 0 Å². The molecule has 1 aromatic heterocycles. The molecule has 0 aliphatic carbocycles. The molecule has 0 atom stereocenters. The smallest absolute Gasteiger partial charge is 0.219 e. The topological polar surface area (TPSA) is 44.3 Å². The first-order valence-electron chi connectivity index (χ1n) is 7.23. The van der Waals surface area contributed by atoms with Gasteiger partial charge in [0.05, 0.1) is 19.9 Å². The van der Waals surface area contributed by atoms with Gasteiger partial charge in [-0.2, -0.15) is 14.9 Å². The number of hydrogen-bond acceptors (Lipinski definition) is 4. The lowest BCUT2D eigenvalue weighted by atomic mass is 10.2. The molecule has 0 N–H and O–H groups in total. The zero-order valence-electron chi connectivity index (χ0n) is 13.0. The lowest BCUT2D eigenvalue weighted by Gasteiger charge is -2.03. The number of nitrogens with zero attached hydrogens (tertiary/aromatic N) is 4. The van der Waals surface area contributed by atoms with Gasteiger partial charge in [0.1, 0.15) is 12.1 Å². The number of halogens is 1. The van der Waals surface area contributed by atoms with Crippen LogP contribution in [0.25, 0.3) is 0 Å². The van der Waals surface area contributed by atoms with E-state index in [1.165, 1.54) is 0 Å². The van der Waals surface area contributed by atoms with Crippen molar-refractivity contribution in [2.24, 2.45) is 5.10 Å². The molecular formula is C17H15ClN4OS. The molecule has 0 spiro atoms. The molecule has 5 nitrogen and oxygen atoms in total. The molecule has 3 aromatic rings. The van der Waals surface area contributed by atoms with Gasteiger partial charge >= 0.3 is 0 Å². The average Bonchev–Trinajstić information content (AvgIpc) is 2.95. The van der Waals surface area contributed by atoms with E-state index in [-0.39, 0.29) is 0 Å². The zero-order chi connectivity index (χ0) is 16.9. The van der Waals surface area contributed by atoms with Gasteiger partial charge in [0, 0.05) is 5.02 Å². The van der Waals surface area contributed by atoms with Crippen LogP contribution in [0.15, 0.2) is 60.0 Å². The van der Waals surface area contributed by atoms with E-state index < -0.39 is 0 Å². The van der Waals surface area contributed by atoms with E-state index in [9.17, 15) is 0 Å². The fourth-order valence-electron chi connectivity index (χ4n) is 2.12. The molecule has 0 fully saturated rings. The Hall–Kier alpha value is -2.44. The third kappa shape index (κ3) is 3.72. The monoisotopic (exact) mass is 358 g/mol. The third-order valence-electron chi connectivity index (χ3n) is 3.44. The van der Waals surface area contributed by atoms with Crippen LogP contribution in [0, 0.1) is 4.77 Å². The first kappa shape index (κ1) is 16.4. The van der Waals surface area contributed by atoms with Gasteiger partial charge in [-0.1, -0.05) is 29.8 Å². The van der Waals surface area contributed by atoms with Crippen molar-refractivity contribution in [3.63, 3.8) is 0 Å². The van der Waals surface area contributed by atoms with Crippen molar-refractivity contribution in [2.75, 3.05) is 7.11 Å². The van der Waals surface area contributed by atoms with E-state index in [4.69, 9.17) is 28.6 Å². The lowest BCUT2D eigenvalue weighted by molar-refractivity contribution is 0.415. The molecule has 0 aliphatic rings. The first-order valence-corrected chi connectivity index (χ1v) is 8.02. The van der Waals surface area contributed by atoms with E-state index in [1.807, 2.05) is 48.5 Å². The third-order valence-corrected chi connectivity index (χ3v) is 4.21. The Morgan fingerprint density at radius 3 is 2.67 bits per heavy atom. The Morgan fingerprint density at radius 2 is 1.96 bits per heavy atom. The van der Waals surface area contributed by atoms with E-state index in [0.717, 1.165) is 16.9 Å². The summed E-state index contributed by atoms with van der Waals surface area (Å²) in [6, 6.07) is 15.2. The second kappa shape index (κ2) is 7.42. The molecule has 3 rings (SSSR count). The van der Waals surface area contributed by atoms with Crippen molar-refractivity contribution in [2.45, 2.75) is 6.54 Å². The lowest BCUT2D eigenvalue weighted by Crippen LogP contribution is -2.03. The molecule has 7 heteroatoms. The fourth-order valence-corrected chi connectivity index (χ4v) is 2.52. The Balaban J connectivity index is 1.78. The summed E-state index contributed by atoms with van der Waals surface area (Å²) in [7, 11) is 1.63. The van der Waals surface area contributed by atoms with Crippen LogP contribution in [0.4, 0.5) is 0 Å². The predicted octanol–water partition coefficient (Wildman–Crippen LogP) is 4.01. The van der Waals surface area contributed by atoms with Gasteiger partial charge in [0.2, 0.25) is 4.77 Å². The number of aromatic nitrogens is 3. The van der Waals surface area contributed by atoms with E-state index >= 15 is 0 Å². The first-order chi connectivity index (χ1) is 11.7. The maximum atomic E-state index is 6.18. The Labute approximate surface area is 149 Å².